The summed E-state index contributed by atoms with van der Waals surface area (Å²) in [5, 5.41) is 13.0. The zero-order valence-corrected chi connectivity index (χ0v) is 12.5. The number of hydrogen-bond donors (Lipinski definition) is 2. The maximum Gasteiger partial charge on any atom is 0.343 e. The normalized spacial score (nSPS) is 18.6. The van der Waals surface area contributed by atoms with Crippen LogP contribution in [0.5, 0.6) is 0 Å². The van der Waals surface area contributed by atoms with Crippen LogP contribution < -0.4 is 5.69 Å². The van der Waals surface area contributed by atoms with E-state index in [1.54, 1.807) is 4.90 Å². The lowest BCUT2D eigenvalue weighted by molar-refractivity contribution is -0.141. The molecule has 118 valence electrons. The largest absolute Gasteiger partial charge is 0.377 e. The second kappa shape index (κ2) is 5.76. The van der Waals surface area contributed by atoms with E-state index < -0.39 is 5.69 Å². The van der Waals surface area contributed by atoms with Crippen LogP contribution in [0.15, 0.2) is 11.1 Å². The van der Waals surface area contributed by atoms with Crippen LogP contribution in [0.1, 0.15) is 23.0 Å². The number of carbonyl (C=O) groups excluding carboxylic acids is 1. The van der Waals surface area contributed by atoms with Gasteiger partial charge in [0.15, 0.2) is 0 Å². The summed E-state index contributed by atoms with van der Waals surface area (Å²) >= 11 is 0. The smallest absolute Gasteiger partial charge is 0.343 e. The average molecular weight is 306 g/mol. The van der Waals surface area contributed by atoms with Crippen molar-refractivity contribution in [3.8, 4) is 0 Å². The van der Waals surface area contributed by atoms with Gasteiger partial charge in [0.05, 0.1) is 24.9 Å². The number of rotatable bonds is 3. The van der Waals surface area contributed by atoms with E-state index in [9.17, 15) is 9.59 Å². The molecule has 1 unspecified atom stereocenters. The molecule has 0 radical (unpaired) electrons. The molecule has 0 saturated carbocycles. The van der Waals surface area contributed by atoms with Crippen LogP contribution in [0.25, 0.3) is 0 Å². The van der Waals surface area contributed by atoms with Crippen molar-refractivity contribution in [2.45, 2.75) is 26.4 Å². The van der Waals surface area contributed by atoms with E-state index in [0.717, 1.165) is 17.0 Å². The van der Waals surface area contributed by atoms with Crippen molar-refractivity contribution in [3.05, 3.63) is 33.8 Å². The third kappa shape index (κ3) is 2.54. The molecule has 0 aromatic carbocycles. The van der Waals surface area contributed by atoms with Crippen molar-refractivity contribution in [1.29, 1.82) is 0 Å². The highest BCUT2D eigenvalue weighted by Gasteiger charge is 2.32. The Bertz CT molecular complexity index is 711. The SMILES string of the molecule is Cc1n[nH]c(C)c1C1COCCN1C(=O)Cn1cn[nH]c1=O. The molecule has 2 aromatic rings. The summed E-state index contributed by atoms with van der Waals surface area (Å²) < 4.78 is 6.79. The van der Waals surface area contributed by atoms with Gasteiger partial charge in [0.2, 0.25) is 5.91 Å². The molecule has 2 aromatic heterocycles. The summed E-state index contributed by atoms with van der Waals surface area (Å²) in [6.45, 7) is 5.18. The molecule has 3 heterocycles. The van der Waals surface area contributed by atoms with E-state index in [1.165, 1.54) is 10.9 Å². The first-order chi connectivity index (χ1) is 10.6. The fourth-order valence-corrected chi connectivity index (χ4v) is 2.81. The lowest BCUT2D eigenvalue weighted by atomic mass is 10.0. The number of hydrogen-bond acceptors (Lipinski definition) is 5. The van der Waals surface area contributed by atoms with E-state index in [1.807, 2.05) is 13.8 Å². The molecule has 0 bridgehead atoms. The maximum atomic E-state index is 12.6. The van der Waals surface area contributed by atoms with Gasteiger partial charge in [-0.25, -0.2) is 9.89 Å². The van der Waals surface area contributed by atoms with Crippen molar-refractivity contribution >= 4 is 5.91 Å². The number of aromatic nitrogens is 5. The number of aryl methyl sites for hydroxylation is 2. The predicted molar refractivity (Wildman–Crippen MR) is 76.2 cm³/mol. The number of H-pyrrole nitrogens is 2. The molecular formula is C13H18N6O3. The van der Waals surface area contributed by atoms with Gasteiger partial charge in [0.1, 0.15) is 12.9 Å². The Morgan fingerprint density at radius 3 is 2.91 bits per heavy atom. The van der Waals surface area contributed by atoms with Crippen LogP contribution in [0, 0.1) is 13.8 Å². The summed E-state index contributed by atoms with van der Waals surface area (Å²) in [4.78, 5) is 25.8. The Morgan fingerprint density at radius 1 is 1.45 bits per heavy atom. The molecule has 9 nitrogen and oxygen atoms in total. The number of aromatic amines is 2. The van der Waals surface area contributed by atoms with Gasteiger partial charge in [-0.3, -0.25) is 14.5 Å². The van der Waals surface area contributed by atoms with E-state index in [-0.39, 0.29) is 18.5 Å². The summed E-state index contributed by atoms with van der Waals surface area (Å²) in [6, 6.07) is -0.192. The standard InChI is InChI=1S/C13H18N6O3/c1-8-12(9(2)16-15-8)10-6-22-4-3-19(10)11(20)5-18-7-14-17-13(18)21/h7,10H,3-6H2,1-2H3,(H,15,16)(H,17,21). The minimum absolute atomic E-state index is 0.0399. The quantitative estimate of drug-likeness (QED) is 0.795. The maximum absolute atomic E-state index is 12.6. The second-order valence-electron chi connectivity index (χ2n) is 5.31. The number of ether oxygens (including phenoxy) is 1. The summed E-state index contributed by atoms with van der Waals surface area (Å²) in [7, 11) is 0. The molecule has 1 atom stereocenters. The Labute approximate surface area is 126 Å². The topological polar surface area (TPSA) is 109 Å². The van der Waals surface area contributed by atoms with Crippen LogP contribution >= 0.6 is 0 Å². The van der Waals surface area contributed by atoms with Crippen molar-refractivity contribution in [3.63, 3.8) is 0 Å². The average Bonchev–Trinajstić information content (AvgIpc) is 3.05. The second-order valence-corrected chi connectivity index (χ2v) is 5.31. The fraction of sp³-hybridized carbons (Fsp3) is 0.538. The molecule has 0 spiro atoms. The number of amides is 1. The lowest BCUT2D eigenvalue weighted by Gasteiger charge is -2.36. The van der Waals surface area contributed by atoms with Gasteiger partial charge in [0.25, 0.3) is 0 Å². The first-order valence-electron chi connectivity index (χ1n) is 7.06. The molecule has 1 saturated heterocycles. The molecule has 22 heavy (non-hydrogen) atoms. The van der Waals surface area contributed by atoms with Crippen LogP contribution in [0.4, 0.5) is 0 Å². The van der Waals surface area contributed by atoms with Gasteiger partial charge in [-0.15, -0.1) is 0 Å². The highest BCUT2D eigenvalue weighted by atomic mass is 16.5. The van der Waals surface area contributed by atoms with Crippen LogP contribution in [-0.4, -0.2) is 55.5 Å². The number of nitrogens with zero attached hydrogens (tertiary/aromatic N) is 4. The Balaban J connectivity index is 1.85. The molecule has 9 heteroatoms. The van der Waals surface area contributed by atoms with Gasteiger partial charge >= 0.3 is 5.69 Å². The van der Waals surface area contributed by atoms with E-state index in [4.69, 9.17) is 4.74 Å². The molecule has 1 aliphatic heterocycles. The molecular weight excluding hydrogens is 288 g/mol. The number of morpholine rings is 1. The predicted octanol–water partition coefficient (Wildman–Crippen LogP) is -0.489. The van der Waals surface area contributed by atoms with Crippen LogP contribution in [0.3, 0.4) is 0 Å². The minimum atomic E-state index is -0.395. The minimum Gasteiger partial charge on any atom is -0.377 e. The first kappa shape index (κ1) is 14.5. The van der Waals surface area contributed by atoms with Crippen molar-refractivity contribution in [2.75, 3.05) is 19.8 Å². The Hall–Kier alpha value is -2.42. The highest BCUT2D eigenvalue weighted by Crippen LogP contribution is 2.28. The number of nitrogens with one attached hydrogen (secondary N) is 2. The van der Waals surface area contributed by atoms with E-state index >= 15 is 0 Å². The van der Waals surface area contributed by atoms with Crippen molar-refractivity contribution in [2.24, 2.45) is 0 Å². The third-order valence-corrected chi connectivity index (χ3v) is 3.89. The zero-order valence-electron chi connectivity index (χ0n) is 12.5. The monoisotopic (exact) mass is 306 g/mol. The molecule has 1 fully saturated rings. The molecule has 1 amide bonds. The Morgan fingerprint density at radius 2 is 2.27 bits per heavy atom. The molecule has 0 aliphatic carbocycles. The molecule has 2 N–H and O–H groups in total. The summed E-state index contributed by atoms with van der Waals surface area (Å²) in [5.41, 5.74) is 2.36. The van der Waals surface area contributed by atoms with Crippen LogP contribution in [0.2, 0.25) is 0 Å². The molecule has 1 aliphatic rings. The van der Waals surface area contributed by atoms with Gasteiger partial charge in [-0.2, -0.15) is 10.2 Å². The van der Waals surface area contributed by atoms with Gasteiger partial charge in [-0.05, 0) is 13.8 Å². The lowest BCUT2D eigenvalue weighted by Crippen LogP contribution is -2.45. The van der Waals surface area contributed by atoms with Crippen molar-refractivity contribution < 1.29 is 9.53 Å². The summed E-state index contributed by atoms with van der Waals surface area (Å²) in [5.74, 6) is -0.142. The van der Waals surface area contributed by atoms with E-state index in [0.29, 0.717) is 19.8 Å². The molecule has 3 rings (SSSR count). The van der Waals surface area contributed by atoms with E-state index in [2.05, 4.69) is 20.4 Å². The third-order valence-electron chi connectivity index (χ3n) is 3.89. The number of carbonyl (C=O) groups is 1. The zero-order chi connectivity index (χ0) is 15.7. The fourth-order valence-electron chi connectivity index (χ4n) is 2.81. The van der Waals surface area contributed by atoms with Gasteiger partial charge in [0, 0.05) is 17.8 Å². The van der Waals surface area contributed by atoms with Gasteiger partial charge < -0.3 is 9.64 Å². The van der Waals surface area contributed by atoms with Crippen molar-refractivity contribution in [1.82, 2.24) is 29.9 Å². The summed E-state index contributed by atoms with van der Waals surface area (Å²) in [6.07, 6.45) is 1.32. The van der Waals surface area contributed by atoms with Crippen LogP contribution in [-0.2, 0) is 16.1 Å². The highest BCUT2D eigenvalue weighted by molar-refractivity contribution is 5.76. The van der Waals surface area contributed by atoms with Gasteiger partial charge in [-0.1, -0.05) is 0 Å². The Kier molecular flexibility index (Phi) is 3.80. The first-order valence-corrected chi connectivity index (χ1v) is 7.06.